The van der Waals surface area contributed by atoms with Gasteiger partial charge in [-0.3, -0.25) is 4.79 Å². The fourth-order valence-electron chi connectivity index (χ4n) is 4.31. The molecule has 6 heteroatoms. The Hall–Kier alpha value is -2.93. The predicted molar refractivity (Wildman–Crippen MR) is 139 cm³/mol. The molecule has 5 nitrogen and oxygen atoms in total. The molecule has 0 spiro atoms. The number of benzene rings is 3. The van der Waals surface area contributed by atoms with Crippen molar-refractivity contribution in [1.82, 2.24) is 0 Å². The van der Waals surface area contributed by atoms with Crippen molar-refractivity contribution in [3.63, 3.8) is 0 Å². The molecule has 2 N–H and O–H groups in total. The van der Waals surface area contributed by atoms with E-state index < -0.39 is 20.3 Å². The Morgan fingerprint density at radius 3 is 1.85 bits per heavy atom. The quantitative estimate of drug-likeness (QED) is 0.423. The number of ether oxygens (including phenoxy) is 2. The zero-order chi connectivity index (χ0) is 24.6. The molecular formula is C28H35NO4Si. The topological polar surface area (TPSA) is 70.8 Å². The number of carbonyl (C=O) groups is 1. The fraction of sp³-hybridized carbons (Fsp3) is 0.321. The molecule has 0 aliphatic carbocycles. The van der Waals surface area contributed by atoms with E-state index in [1.54, 1.807) is 7.11 Å². The highest BCUT2D eigenvalue weighted by molar-refractivity contribution is 6.99. The average Bonchev–Trinajstić information content (AvgIpc) is 2.83. The Labute approximate surface area is 204 Å². The van der Waals surface area contributed by atoms with Gasteiger partial charge < -0.3 is 19.6 Å². The second-order valence-corrected chi connectivity index (χ2v) is 13.7. The highest BCUT2D eigenvalue weighted by Gasteiger charge is 2.50. The Kier molecular flexibility index (Phi) is 8.66. The lowest BCUT2D eigenvalue weighted by molar-refractivity contribution is -0.122. The van der Waals surface area contributed by atoms with Crippen molar-refractivity contribution >= 4 is 24.6 Å². The first-order chi connectivity index (χ1) is 16.3. The van der Waals surface area contributed by atoms with E-state index in [1.807, 2.05) is 36.4 Å². The number of hydrogen-bond acceptors (Lipinski definition) is 4. The van der Waals surface area contributed by atoms with Crippen LogP contribution in [0, 0.1) is 0 Å². The Morgan fingerprint density at radius 1 is 0.882 bits per heavy atom. The summed E-state index contributed by atoms with van der Waals surface area (Å²) in [6.07, 6.45) is -0.366. The summed E-state index contributed by atoms with van der Waals surface area (Å²) in [7, 11) is -1.10. The molecule has 0 aliphatic heterocycles. The highest BCUT2D eigenvalue weighted by Crippen LogP contribution is 2.37. The maximum Gasteiger partial charge on any atom is 0.261 e. The van der Waals surface area contributed by atoms with E-state index in [4.69, 9.17) is 19.6 Å². The lowest BCUT2D eigenvalue weighted by Gasteiger charge is -2.43. The van der Waals surface area contributed by atoms with Crippen molar-refractivity contribution < 1.29 is 18.7 Å². The van der Waals surface area contributed by atoms with Crippen molar-refractivity contribution in [2.24, 2.45) is 5.73 Å². The van der Waals surface area contributed by atoms with Gasteiger partial charge in [0.15, 0.2) is 0 Å². The third-order valence-corrected chi connectivity index (χ3v) is 11.0. The summed E-state index contributed by atoms with van der Waals surface area (Å²) >= 11 is 0. The summed E-state index contributed by atoms with van der Waals surface area (Å²) in [5.74, 6) is 0.373. The molecule has 0 fully saturated rings. The number of carbonyl (C=O) groups excluding carboxylic acids is 1. The highest BCUT2D eigenvalue weighted by atomic mass is 28.4. The summed E-state index contributed by atoms with van der Waals surface area (Å²) in [5.41, 5.74) is 6.55. The molecule has 1 amide bonds. The molecular weight excluding hydrogens is 442 g/mol. The number of methoxy groups -OCH3 is 1. The molecule has 0 saturated heterocycles. The van der Waals surface area contributed by atoms with Crippen LogP contribution < -0.4 is 20.8 Å². The minimum atomic E-state index is -2.73. The van der Waals surface area contributed by atoms with Gasteiger partial charge in [0, 0.05) is 0 Å². The van der Waals surface area contributed by atoms with Crippen molar-refractivity contribution in [3.8, 4) is 5.75 Å². The molecule has 0 heterocycles. The Morgan fingerprint density at radius 2 is 1.41 bits per heavy atom. The molecule has 34 heavy (non-hydrogen) atoms. The van der Waals surface area contributed by atoms with Crippen LogP contribution in [0.1, 0.15) is 32.8 Å². The van der Waals surface area contributed by atoms with Crippen molar-refractivity contribution in [1.29, 1.82) is 0 Å². The lowest BCUT2D eigenvalue weighted by Crippen LogP contribution is -2.67. The second kappa shape index (κ2) is 11.5. The summed E-state index contributed by atoms with van der Waals surface area (Å²) in [6.45, 7) is 7.29. The molecule has 3 aromatic carbocycles. The van der Waals surface area contributed by atoms with Gasteiger partial charge in [0.1, 0.15) is 5.75 Å². The molecule has 180 valence electrons. The molecule has 0 aliphatic rings. The van der Waals surface area contributed by atoms with E-state index in [0.717, 1.165) is 11.3 Å². The number of rotatable bonds is 11. The molecule has 1 atom stereocenters. The van der Waals surface area contributed by atoms with E-state index in [9.17, 15) is 4.79 Å². The largest absolute Gasteiger partial charge is 0.497 e. The first-order valence-corrected chi connectivity index (χ1v) is 13.4. The molecule has 0 unspecified atom stereocenters. The van der Waals surface area contributed by atoms with Gasteiger partial charge in [-0.25, -0.2) is 0 Å². The van der Waals surface area contributed by atoms with Crippen molar-refractivity contribution in [2.75, 3.05) is 13.7 Å². The minimum absolute atomic E-state index is 0.0916. The van der Waals surface area contributed by atoms with Crippen LogP contribution in [-0.4, -0.2) is 34.0 Å². The maximum atomic E-state index is 11.8. The van der Waals surface area contributed by atoms with Crippen LogP contribution in [0.15, 0.2) is 84.9 Å². The fourth-order valence-corrected chi connectivity index (χ4v) is 8.90. The van der Waals surface area contributed by atoms with Crippen LogP contribution in [0.25, 0.3) is 0 Å². The van der Waals surface area contributed by atoms with Crippen LogP contribution in [0.2, 0.25) is 5.04 Å². The molecule has 0 saturated carbocycles. The molecule has 0 aromatic heterocycles. The van der Waals surface area contributed by atoms with Gasteiger partial charge in [0.05, 0.1) is 32.8 Å². The van der Waals surface area contributed by atoms with Crippen LogP contribution in [0.5, 0.6) is 5.75 Å². The third kappa shape index (κ3) is 6.14. The SMILES string of the molecule is COc1ccc(CO[C@H](CO[Si](c2ccccc2)(c2ccccc2)C(C)(C)C)CC(N)=O)cc1. The standard InChI is InChI=1S/C28H35NO4Si/c1-28(2,3)34(25-11-7-5-8-12-25,26-13-9-6-10-14-26)33-21-24(19-27(29)30)32-20-22-15-17-23(31-4)18-16-22/h5-18,24H,19-21H2,1-4H3,(H2,29,30)/t24-/m0/s1. The molecule has 3 rings (SSSR count). The monoisotopic (exact) mass is 477 g/mol. The van der Waals surface area contributed by atoms with Crippen LogP contribution in [0.3, 0.4) is 0 Å². The summed E-state index contributed by atoms with van der Waals surface area (Å²) < 4.78 is 18.3. The number of nitrogens with two attached hydrogens (primary N) is 1. The number of primary amides is 1. The Balaban J connectivity index is 1.89. The molecule has 0 bridgehead atoms. The van der Waals surface area contributed by atoms with Gasteiger partial charge in [-0.2, -0.15) is 0 Å². The van der Waals surface area contributed by atoms with E-state index in [2.05, 4.69) is 69.3 Å². The Bertz CT molecular complexity index is 994. The van der Waals surface area contributed by atoms with Gasteiger partial charge in [-0.15, -0.1) is 0 Å². The first kappa shape index (κ1) is 25.7. The maximum absolute atomic E-state index is 11.8. The van der Waals surface area contributed by atoms with Crippen molar-refractivity contribution in [3.05, 3.63) is 90.5 Å². The van der Waals surface area contributed by atoms with Crippen molar-refractivity contribution in [2.45, 2.75) is 44.9 Å². The van der Waals surface area contributed by atoms with Crippen LogP contribution in [0.4, 0.5) is 0 Å². The van der Waals surface area contributed by atoms with Gasteiger partial charge >= 0.3 is 0 Å². The zero-order valence-electron chi connectivity index (χ0n) is 20.5. The summed E-state index contributed by atoms with van der Waals surface area (Å²) in [5, 5.41) is 2.20. The van der Waals surface area contributed by atoms with Gasteiger partial charge in [0.2, 0.25) is 5.91 Å². The summed E-state index contributed by atoms with van der Waals surface area (Å²) in [4.78, 5) is 11.8. The second-order valence-electron chi connectivity index (χ2n) is 9.43. The average molecular weight is 478 g/mol. The smallest absolute Gasteiger partial charge is 0.261 e. The normalized spacial score (nSPS) is 12.8. The van der Waals surface area contributed by atoms with E-state index in [-0.39, 0.29) is 18.1 Å². The zero-order valence-corrected chi connectivity index (χ0v) is 21.5. The van der Waals surface area contributed by atoms with E-state index in [0.29, 0.717) is 6.61 Å². The van der Waals surface area contributed by atoms with E-state index in [1.165, 1.54) is 10.4 Å². The molecule has 0 radical (unpaired) electrons. The van der Waals surface area contributed by atoms with Gasteiger partial charge in [-0.05, 0) is 33.1 Å². The van der Waals surface area contributed by atoms with E-state index >= 15 is 0 Å². The summed E-state index contributed by atoms with van der Waals surface area (Å²) in [6, 6.07) is 28.5. The number of hydrogen-bond donors (Lipinski definition) is 1. The minimum Gasteiger partial charge on any atom is -0.497 e. The first-order valence-electron chi connectivity index (χ1n) is 11.5. The third-order valence-electron chi connectivity index (χ3n) is 5.98. The van der Waals surface area contributed by atoms with Crippen LogP contribution in [-0.2, 0) is 20.6 Å². The lowest BCUT2D eigenvalue weighted by atomic mass is 10.2. The van der Waals surface area contributed by atoms with Gasteiger partial charge in [-0.1, -0.05) is 93.6 Å². The number of amides is 1. The predicted octanol–water partition coefficient (Wildman–Crippen LogP) is 4.03. The molecule has 3 aromatic rings. The van der Waals surface area contributed by atoms with Gasteiger partial charge in [0.25, 0.3) is 8.32 Å². The van der Waals surface area contributed by atoms with Crippen LogP contribution >= 0.6 is 0 Å².